The number of piperidine rings is 1. The number of fused-ring (bicyclic) bond motifs is 3. The van der Waals surface area contributed by atoms with Crippen LogP contribution in [0.4, 0.5) is 5.82 Å². The molecule has 9 heteroatoms. The van der Waals surface area contributed by atoms with Gasteiger partial charge in [-0.25, -0.2) is 14.5 Å². The van der Waals surface area contributed by atoms with E-state index in [4.69, 9.17) is 13.8 Å². The quantitative estimate of drug-likeness (QED) is 0.489. The van der Waals surface area contributed by atoms with E-state index in [1.54, 1.807) is 24.5 Å². The number of hydrogen-bond acceptors (Lipinski definition) is 8. The first-order valence-corrected chi connectivity index (χ1v) is 11.0. The number of aromatic hydroxyl groups is 1. The van der Waals surface area contributed by atoms with E-state index in [0.29, 0.717) is 28.7 Å². The average molecular weight is 457 g/mol. The van der Waals surface area contributed by atoms with Crippen molar-refractivity contribution in [2.75, 3.05) is 25.0 Å². The van der Waals surface area contributed by atoms with Gasteiger partial charge in [-0.15, -0.1) is 0 Å². The largest absolute Gasteiger partial charge is 0.506 e. The van der Waals surface area contributed by atoms with E-state index in [1.807, 2.05) is 18.2 Å². The summed E-state index contributed by atoms with van der Waals surface area (Å²) in [5, 5.41) is 23.7. The predicted octanol–water partition coefficient (Wildman–Crippen LogP) is 2.84. The van der Waals surface area contributed by atoms with E-state index >= 15 is 0 Å². The highest BCUT2D eigenvalue weighted by atomic mass is 16.5. The second-order valence-corrected chi connectivity index (χ2v) is 8.71. The van der Waals surface area contributed by atoms with E-state index in [2.05, 4.69) is 26.0 Å². The van der Waals surface area contributed by atoms with Crippen molar-refractivity contribution in [2.45, 2.75) is 25.0 Å². The van der Waals surface area contributed by atoms with Gasteiger partial charge < -0.3 is 14.7 Å². The average Bonchev–Trinajstić information content (AvgIpc) is 3.30. The molecule has 7 heterocycles. The maximum atomic E-state index is 10.1. The van der Waals surface area contributed by atoms with E-state index < -0.39 is 7.04 Å². The van der Waals surface area contributed by atoms with Crippen LogP contribution in [-0.2, 0) is 6.54 Å². The summed E-state index contributed by atoms with van der Waals surface area (Å²) in [6.45, 7) is 2.46. The summed E-state index contributed by atoms with van der Waals surface area (Å²) in [6, 6.07) is 12.0. The van der Waals surface area contributed by atoms with Crippen molar-refractivity contribution >= 4 is 11.3 Å². The second kappa shape index (κ2) is 8.01. The molecule has 4 aromatic heterocycles. The van der Waals surface area contributed by atoms with E-state index in [1.165, 1.54) is 16.9 Å². The number of pyridine rings is 3. The zero-order chi connectivity index (χ0) is 25.7. The van der Waals surface area contributed by atoms with Crippen molar-refractivity contribution < 1.29 is 14.0 Å². The van der Waals surface area contributed by atoms with Gasteiger partial charge in [0.15, 0.2) is 0 Å². The Labute approximate surface area is 200 Å². The van der Waals surface area contributed by atoms with Gasteiger partial charge in [0.2, 0.25) is 5.88 Å². The van der Waals surface area contributed by atoms with Gasteiger partial charge in [-0.2, -0.15) is 10.4 Å². The van der Waals surface area contributed by atoms with Crippen molar-refractivity contribution in [3.63, 3.8) is 0 Å². The summed E-state index contributed by atoms with van der Waals surface area (Å²) in [6.07, 6.45) is 7.53. The number of rotatable bonds is 5. The van der Waals surface area contributed by atoms with Crippen LogP contribution in [0.25, 0.3) is 16.6 Å². The zero-order valence-corrected chi connectivity index (χ0v) is 18.2. The third-order valence-corrected chi connectivity index (χ3v) is 6.71. The standard InChI is InChI=1S/C25H23N7O2/c1-34-24-5-2-16(9-28-24)12-31-19-6-20(31)14-30(13-19)23-4-3-17(10-27-23)22-7-21(33)15-32-25(22)18(8-26)11-29-32/h2-5,7,9-11,15,19-20,33H,6,12-14H2,1H3/i1D3. The minimum Gasteiger partial charge on any atom is -0.506 e. The van der Waals surface area contributed by atoms with E-state index in [-0.39, 0.29) is 11.6 Å². The summed E-state index contributed by atoms with van der Waals surface area (Å²) >= 11 is 0. The molecule has 3 saturated heterocycles. The highest BCUT2D eigenvalue weighted by Crippen LogP contribution is 2.36. The van der Waals surface area contributed by atoms with Gasteiger partial charge in [0.05, 0.1) is 34.6 Å². The molecule has 2 unspecified atom stereocenters. The van der Waals surface area contributed by atoms with Gasteiger partial charge in [-0.05, 0) is 30.2 Å². The maximum Gasteiger partial charge on any atom is 0.212 e. The lowest BCUT2D eigenvalue weighted by atomic mass is 9.87. The fourth-order valence-electron chi connectivity index (χ4n) is 5.05. The molecule has 0 amide bonds. The monoisotopic (exact) mass is 456 g/mol. The molecular weight excluding hydrogens is 430 g/mol. The normalized spacial score (nSPS) is 21.3. The molecule has 4 aromatic rings. The lowest BCUT2D eigenvalue weighted by Crippen LogP contribution is -2.68. The van der Waals surface area contributed by atoms with Crippen molar-refractivity contribution in [3.05, 3.63) is 66.2 Å². The summed E-state index contributed by atoms with van der Waals surface area (Å²) < 4.78 is 27.9. The Morgan fingerprint density at radius 2 is 2.06 bits per heavy atom. The first kappa shape index (κ1) is 17.3. The zero-order valence-electron chi connectivity index (χ0n) is 21.2. The number of hydrogen-bond donors (Lipinski definition) is 1. The van der Waals surface area contributed by atoms with Crippen LogP contribution in [0.1, 0.15) is 21.7 Å². The summed E-state index contributed by atoms with van der Waals surface area (Å²) in [5.41, 5.74) is 3.58. The first-order valence-electron chi connectivity index (χ1n) is 12.5. The highest BCUT2D eigenvalue weighted by molar-refractivity contribution is 5.85. The van der Waals surface area contributed by atoms with Gasteiger partial charge in [-0.3, -0.25) is 4.90 Å². The maximum absolute atomic E-state index is 10.1. The Balaban J connectivity index is 1.13. The number of nitrogens with zero attached hydrogens (tertiary/aromatic N) is 7. The number of aromatic nitrogens is 4. The molecule has 1 N–H and O–H groups in total. The second-order valence-electron chi connectivity index (χ2n) is 8.71. The molecule has 3 aliphatic heterocycles. The SMILES string of the molecule is [2H]C([2H])([2H])Oc1ccc(CN2C3CC2CN(c2ccc(-c4cc(O)cn5ncc(C#N)c45)cn2)C3)cn1. The lowest BCUT2D eigenvalue weighted by molar-refractivity contribution is -0.00876. The summed E-state index contributed by atoms with van der Waals surface area (Å²) in [4.78, 5) is 13.6. The van der Waals surface area contributed by atoms with Gasteiger partial charge in [0.25, 0.3) is 0 Å². The van der Waals surface area contributed by atoms with Crippen molar-refractivity contribution in [1.82, 2.24) is 24.5 Å². The fraction of sp³-hybridized carbons (Fsp3) is 0.280. The van der Waals surface area contributed by atoms with Crippen LogP contribution in [0.3, 0.4) is 0 Å². The van der Waals surface area contributed by atoms with Crippen LogP contribution >= 0.6 is 0 Å². The van der Waals surface area contributed by atoms with Crippen molar-refractivity contribution in [1.29, 1.82) is 5.26 Å². The number of piperazine rings is 1. The molecule has 9 nitrogen and oxygen atoms in total. The van der Waals surface area contributed by atoms with Gasteiger partial charge in [-0.1, -0.05) is 6.07 Å². The first-order chi connectivity index (χ1) is 17.8. The Morgan fingerprint density at radius 1 is 1.18 bits per heavy atom. The Morgan fingerprint density at radius 3 is 2.76 bits per heavy atom. The molecule has 2 atom stereocenters. The molecule has 7 rings (SSSR count). The molecule has 3 aliphatic rings. The van der Waals surface area contributed by atoms with Crippen LogP contribution in [0.2, 0.25) is 0 Å². The molecular formula is C25H23N7O2. The van der Waals surface area contributed by atoms with Crippen LogP contribution in [0.15, 0.2) is 55.1 Å². The topological polar surface area (TPSA) is 103 Å². The Kier molecular flexibility index (Phi) is 4.08. The Hall–Kier alpha value is -4.16. The third-order valence-electron chi connectivity index (χ3n) is 6.71. The van der Waals surface area contributed by atoms with Crippen molar-refractivity contribution in [2.24, 2.45) is 0 Å². The minimum atomic E-state index is -2.51. The van der Waals surface area contributed by atoms with Gasteiger partial charge >= 0.3 is 0 Å². The van der Waals surface area contributed by atoms with Gasteiger partial charge in [0, 0.05) is 61.3 Å². The lowest BCUT2D eigenvalue weighted by Gasteiger charge is -2.56. The minimum absolute atomic E-state index is 0.0602. The molecule has 3 fully saturated rings. The molecule has 170 valence electrons. The summed E-state index contributed by atoms with van der Waals surface area (Å²) in [7, 11) is -2.51. The van der Waals surface area contributed by atoms with E-state index in [0.717, 1.165) is 43.0 Å². The van der Waals surface area contributed by atoms with Crippen LogP contribution in [-0.4, -0.2) is 61.8 Å². The van der Waals surface area contributed by atoms with Gasteiger partial charge in [0.1, 0.15) is 17.6 Å². The van der Waals surface area contributed by atoms with E-state index in [9.17, 15) is 10.4 Å². The smallest absolute Gasteiger partial charge is 0.212 e. The van der Waals surface area contributed by atoms with Crippen LogP contribution in [0, 0.1) is 11.3 Å². The molecule has 0 aromatic carbocycles. The number of ether oxygens (including phenoxy) is 1. The summed E-state index contributed by atoms with van der Waals surface area (Å²) in [5.74, 6) is 1.04. The molecule has 0 saturated carbocycles. The molecule has 34 heavy (non-hydrogen) atoms. The Bertz CT molecular complexity index is 1480. The molecule has 2 bridgehead atoms. The van der Waals surface area contributed by atoms with Crippen LogP contribution in [0.5, 0.6) is 11.6 Å². The third kappa shape index (κ3) is 3.40. The molecule has 0 aliphatic carbocycles. The predicted molar refractivity (Wildman–Crippen MR) is 126 cm³/mol. The molecule has 0 spiro atoms. The number of nitriles is 1. The number of anilines is 1. The van der Waals surface area contributed by atoms with Crippen LogP contribution < -0.4 is 9.64 Å². The highest BCUT2D eigenvalue weighted by Gasteiger charge is 2.44. The van der Waals surface area contributed by atoms with Crippen molar-refractivity contribution in [3.8, 4) is 28.8 Å². The fourth-order valence-corrected chi connectivity index (χ4v) is 5.05. The number of methoxy groups -OCH3 is 1. The molecule has 0 radical (unpaired) electrons.